The highest BCUT2D eigenvalue weighted by atomic mass is 35.5. The lowest BCUT2D eigenvalue weighted by Crippen LogP contribution is -2.27. The fourth-order valence-electron chi connectivity index (χ4n) is 2.74. The molecule has 1 aliphatic rings. The second-order valence-corrected chi connectivity index (χ2v) is 5.84. The van der Waals surface area contributed by atoms with Gasteiger partial charge in [0, 0.05) is 30.0 Å². The molecule has 2 amide bonds. The third-order valence-corrected chi connectivity index (χ3v) is 4.04. The number of nitrogens with one attached hydrogen (secondary N) is 2. The molecule has 1 heterocycles. The Labute approximate surface area is 153 Å². The number of hydrogen-bond acceptors (Lipinski definition) is 3. The number of para-hydroxylation sites is 1. The first-order chi connectivity index (χ1) is 11.7. The Kier molecular flexibility index (Phi) is 6.83. The van der Waals surface area contributed by atoms with Crippen LogP contribution >= 0.6 is 12.4 Å². The van der Waals surface area contributed by atoms with E-state index in [1.807, 2.05) is 35.2 Å². The highest BCUT2D eigenvalue weighted by Gasteiger charge is 2.19. The van der Waals surface area contributed by atoms with Crippen LogP contribution in [0.15, 0.2) is 54.6 Å². The quantitative estimate of drug-likeness (QED) is 0.860. The molecule has 3 rings (SSSR count). The van der Waals surface area contributed by atoms with E-state index in [1.54, 1.807) is 24.3 Å². The molecule has 0 radical (unpaired) electrons. The molecule has 0 unspecified atom stereocenters. The number of likely N-dealkylation sites (tertiary alicyclic amines) is 1. The van der Waals surface area contributed by atoms with Crippen molar-refractivity contribution >= 4 is 35.6 Å². The van der Waals surface area contributed by atoms with E-state index in [-0.39, 0.29) is 30.8 Å². The van der Waals surface area contributed by atoms with Crippen molar-refractivity contribution in [1.29, 1.82) is 0 Å². The summed E-state index contributed by atoms with van der Waals surface area (Å²) in [7, 11) is 0. The van der Waals surface area contributed by atoms with E-state index in [9.17, 15) is 9.59 Å². The number of nitrogens with zero attached hydrogens (tertiary/aromatic N) is 1. The van der Waals surface area contributed by atoms with Gasteiger partial charge in [-0.1, -0.05) is 18.2 Å². The molecule has 25 heavy (non-hydrogen) atoms. The van der Waals surface area contributed by atoms with E-state index in [1.165, 1.54) is 0 Å². The van der Waals surface area contributed by atoms with Gasteiger partial charge in [-0.3, -0.25) is 9.59 Å². The molecule has 0 atom stereocenters. The van der Waals surface area contributed by atoms with Gasteiger partial charge >= 0.3 is 0 Å². The predicted octanol–water partition coefficient (Wildman–Crippen LogP) is 3.40. The van der Waals surface area contributed by atoms with Gasteiger partial charge in [-0.05, 0) is 49.2 Å². The summed E-state index contributed by atoms with van der Waals surface area (Å²) in [4.78, 5) is 26.1. The maximum absolute atomic E-state index is 12.3. The molecule has 2 aromatic carbocycles. The maximum atomic E-state index is 12.3. The van der Waals surface area contributed by atoms with Gasteiger partial charge in [-0.2, -0.15) is 0 Å². The summed E-state index contributed by atoms with van der Waals surface area (Å²) in [6.45, 7) is 1.86. The van der Waals surface area contributed by atoms with E-state index < -0.39 is 0 Å². The fourth-order valence-corrected chi connectivity index (χ4v) is 2.74. The van der Waals surface area contributed by atoms with Crippen molar-refractivity contribution in [3.05, 3.63) is 60.2 Å². The van der Waals surface area contributed by atoms with E-state index in [0.29, 0.717) is 11.3 Å². The Bertz CT molecular complexity index is 698. The molecule has 0 saturated carbocycles. The molecule has 6 heteroatoms. The van der Waals surface area contributed by atoms with Crippen molar-refractivity contribution in [2.75, 3.05) is 30.3 Å². The minimum Gasteiger partial charge on any atom is -0.376 e. The Balaban J connectivity index is 0.00000225. The van der Waals surface area contributed by atoms with Crippen molar-refractivity contribution in [3.8, 4) is 0 Å². The molecule has 0 aliphatic carbocycles. The zero-order valence-corrected chi connectivity index (χ0v) is 14.7. The molecule has 0 aromatic heterocycles. The van der Waals surface area contributed by atoms with E-state index in [0.717, 1.165) is 31.6 Å². The predicted molar refractivity (Wildman–Crippen MR) is 102 cm³/mol. The average molecular weight is 360 g/mol. The van der Waals surface area contributed by atoms with Crippen LogP contribution in [0.25, 0.3) is 0 Å². The molecule has 1 fully saturated rings. The fraction of sp³-hybridized carbons (Fsp3) is 0.263. The first kappa shape index (κ1) is 18.8. The van der Waals surface area contributed by atoms with Crippen molar-refractivity contribution in [2.24, 2.45) is 0 Å². The van der Waals surface area contributed by atoms with Crippen LogP contribution in [0.5, 0.6) is 0 Å². The van der Waals surface area contributed by atoms with Crippen LogP contribution in [0.2, 0.25) is 0 Å². The number of anilines is 2. The summed E-state index contributed by atoms with van der Waals surface area (Å²) in [5.41, 5.74) is 2.25. The minimum atomic E-state index is -0.127. The first-order valence-electron chi connectivity index (χ1n) is 8.20. The number of carbonyl (C=O) groups excluding carboxylic acids is 2. The molecule has 5 nitrogen and oxygen atoms in total. The lowest BCUT2D eigenvalue weighted by Gasteiger charge is -2.15. The summed E-state index contributed by atoms with van der Waals surface area (Å²) < 4.78 is 0. The molecular weight excluding hydrogens is 338 g/mol. The van der Waals surface area contributed by atoms with Crippen LogP contribution < -0.4 is 10.6 Å². The van der Waals surface area contributed by atoms with Gasteiger partial charge in [0.1, 0.15) is 0 Å². The summed E-state index contributed by atoms with van der Waals surface area (Å²) >= 11 is 0. The normalized spacial score (nSPS) is 13.0. The van der Waals surface area contributed by atoms with Crippen molar-refractivity contribution in [2.45, 2.75) is 12.8 Å². The highest BCUT2D eigenvalue weighted by Crippen LogP contribution is 2.15. The van der Waals surface area contributed by atoms with Gasteiger partial charge in [0.05, 0.1) is 6.54 Å². The number of benzene rings is 2. The van der Waals surface area contributed by atoms with Gasteiger partial charge < -0.3 is 15.5 Å². The van der Waals surface area contributed by atoms with E-state index >= 15 is 0 Å². The lowest BCUT2D eigenvalue weighted by molar-refractivity contribution is -0.114. The zero-order valence-electron chi connectivity index (χ0n) is 13.9. The second kappa shape index (κ2) is 9.08. The van der Waals surface area contributed by atoms with Crippen molar-refractivity contribution < 1.29 is 9.59 Å². The summed E-state index contributed by atoms with van der Waals surface area (Å²) in [6, 6.07) is 16.6. The SMILES string of the molecule is Cl.O=C(CNc1ccccc1)Nc1ccc(C(=O)N2CCCC2)cc1. The molecular formula is C19H22ClN3O2. The largest absolute Gasteiger partial charge is 0.376 e. The van der Waals surface area contributed by atoms with Gasteiger partial charge in [0.15, 0.2) is 0 Å². The lowest BCUT2D eigenvalue weighted by atomic mass is 10.2. The monoisotopic (exact) mass is 359 g/mol. The van der Waals surface area contributed by atoms with Crippen LogP contribution in [0.4, 0.5) is 11.4 Å². The molecule has 2 aromatic rings. The molecule has 132 valence electrons. The number of hydrogen-bond donors (Lipinski definition) is 2. The molecule has 2 N–H and O–H groups in total. The van der Waals surface area contributed by atoms with Gasteiger partial charge in [0.2, 0.25) is 5.91 Å². The zero-order chi connectivity index (χ0) is 16.8. The van der Waals surface area contributed by atoms with Crippen molar-refractivity contribution in [3.63, 3.8) is 0 Å². The summed E-state index contributed by atoms with van der Waals surface area (Å²) in [5.74, 6) is -0.0615. The third kappa shape index (κ3) is 5.22. The Morgan fingerprint density at radius 1 is 0.880 bits per heavy atom. The van der Waals surface area contributed by atoms with Gasteiger partial charge in [0.25, 0.3) is 5.91 Å². The summed E-state index contributed by atoms with van der Waals surface area (Å²) in [6.07, 6.45) is 2.16. The molecule has 0 spiro atoms. The van der Waals surface area contributed by atoms with E-state index in [2.05, 4.69) is 10.6 Å². The average Bonchev–Trinajstić information content (AvgIpc) is 3.16. The number of amides is 2. The van der Waals surface area contributed by atoms with Gasteiger partial charge in [-0.15, -0.1) is 12.4 Å². The minimum absolute atomic E-state index is 0. The number of rotatable bonds is 5. The van der Waals surface area contributed by atoms with E-state index in [4.69, 9.17) is 0 Å². The summed E-state index contributed by atoms with van der Waals surface area (Å²) in [5, 5.41) is 5.88. The first-order valence-corrected chi connectivity index (χ1v) is 8.20. The van der Waals surface area contributed by atoms with Crippen LogP contribution in [0.3, 0.4) is 0 Å². The molecule has 0 bridgehead atoms. The smallest absolute Gasteiger partial charge is 0.253 e. The Morgan fingerprint density at radius 3 is 2.16 bits per heavy atom. The standard InChI is InChI=1S/C19H21N3O2.ClH/c23-18(14-20-16-6-2-1-3-7-16)21-17-10-8-15(9-11-17)19(24)22-12-4-5-13-22;/h1-3,6-11,20H,4-5,12-14H2,(H,21,23);1H. The number of carbonyl (C=O) groups is 2. The molecule has 1 aliphatic heterocycles. The highest BCUT2D eigenvalue weighted by molar-refractivity contribution is 5.96. The Hall–Kier alpha value is -2.53. The van der Waals surface area contributed by atoms with Gasteiger partial charge in [-0.25, -0.2) is 0 Å². The van der Waals surface area contributed by atoms with Crippen LogP contribution in [0, 0.1) is 0 Å². The Morgan fingerprint density at radius 2 is 1.52 bits per heavy atom. The van der Waals surface area contributed by atoms with Crippen LogP contribution in [0.1, 0.15) is 23.2 Å². The van der Waals surface area contributed by atoms with Crippen molar-refractivity contribution in [1.82, 2.24) is 4.90 Å². The maximum Gasteiger partial charge on any atom is 0.253 e. The van der Waals surface area contributed by atoms with Crippen LogP contribution in [-0.2, 0) is 4.79 Å². The van der Waals surface area contributed by atoms with Crippen LogP contribution in [-0.4, -0.2) is 36.3 Å². The third-order valence-electron chi connectivity index (χ3n) is 4.04. The topological polar surface area (TPSA) is 61.4 Å². The second-order valence-electron chi connectivity index (χ2n) is 5.84. The number of halogens is 1. The molecule has 1 saturated heterocycles.